The van der Waals surface area contributed by atoms with E-state index < -0.39 is 11.5 Å². The van der Waals surface area contributed by atoms with E-state index in [9.17, 15) is 14.4 Å². The molecule has 0 aliphatic rings. The van der Waals surface area contributed by atoms with E-state index in [4.69, 9.17) is 4.42 Å². The normalized spacial score (nSPS) is 10.4. The summed E-state index contributed by atoms with van der Waals surface area (Å²) in [6.07, 6.45) is 1.50. The predicted molar refractivity (Wildman–Crippen MR) is 91.3 cm³/mol. The zero-order chi connectivity index (χ0) is 17.8. The van der Waals surface area contributed by atoms with Gasteiger partial charge in [0.1, 0.15) is 12.2 Å². The van der Waals surface area contributed by atoms with Crippen molar-refractivity contribution in [1.82, 2.24) is 9.78 Å². The summed E-state index contributed by atoms with van der Waals surface area (Å²) in [7, 11) is 0. The van der Waals surface area contributed by atoms with Crippen LogP contribution < -0.4 is 10.9 Å². The first-order valence-electron chi connectivity index (χ1n) is 7.56. The highest BCUT2D eigenvalue weighted by Gasteiger charge is 2.10. The molecule has 1 N–H and O–H groups in total. The van der Waals surface area contributed by atoms with Gasteiger partial charge in [-0.25, -0.2) is 4.68 Å². The SMILES string of the molecule is CC(=O)c1cccc(NC(=O)Cn2nc(-c3ccco3)ccc2=O)c1. The molecule has 1 amide bonds. The first-order chi connectivity index (χ1) is 12.0. The predicted octanol–water partition coefficient (Wildman–Crippen LogP) is 2.34. The summed E-state index contributed by atoms with van der Waals surface area (Å²) in [4.78, 5) is 35.5. The number of hydrogen-bond acceptors (Lipinski definition) is 5. The highest BCUT2D eigenvalue weighted by Crippen LogP contribution is 2.15. The van der Waals surface area contributed by atoms with Crippen LogP contribution in [-0.2, 0) is 11.3 Å². The Kier molecular flexibility index (Phi) is 4.56. The maximum Gasteiger partial charge on any atom is 0.267 e. The largest absolute Gasteiger partial charge is 0.463 e. The summed E-state index contributed by atoms with van der Waals surface area (Å²) >= 11 is 0. The monoisotopic (exact) mass is 337 g/mol. The number of nitrogens with one attached hydrogen (secondary N) is 1. The molecule has 0 atom stereocenters. The van der Waals surface area contributed by atoms with Crippen LogP contribution in [0.1, 0.15) is 17.3 Å². The fourth-order valence-corrected chi connectivity index (χ4v) is 2.27. The van der Waals surface area contributed by atoms with Gasteiger partial charge in [-0.1, -0.05) is 12.1 Å². The van der Waals surface area contributed by atoms with Crippen molar-refractivity contribution in [2.24, 2.45) is 0 Å². The van der Waals surface area contributed by atoms with Crippen molar-refractivity contribution in [2.45, 2.75) is 13.5 Å². The number of benzene rings is 1. The number of anilines is 1. The van der Waals surface area contributed by atoms with E-state index >= 15 is 0 Å². The molecule has 0 radical (unpaired) electrons. The maximum absolute atomic E-state index is 12.2. The minimum atomic E-state index is -0.424. The van der Waals surface area contributed by atoms with Crippen LogP contribution in [0.4, 0.5) is 5.69 Å². The van der Waals surface area contributed by atoms with Crippen LogP contribution in [0.3, 0.4) is 0 Å². The van der Waals surface area contributed by atoms with Gasteiger partial charge in [-0.15, -0.1) is 0 Å². The van der Waals surface area contributed by atoms with E-state index in [-0.39, 0.29) is 12.3 Å². The Hall–Kier alpha value is -3.48. The lowest BCUT2D eigenvalue weighted by Gasteiger charge is -2.08. The van der Waals surface area contributed by atoms with Crippen LogP contribution in [0.25, 0.3) is 11.5 Å². The third kappa shape index (κ3) is 3.89. The van der Waals surface area contributed by atoms with Crippen molar-refractivity contribution < 1.29 is 14.0 Å². The molecule has 0 fully saturated rings. The number of hydrogen-bond donors (Lipinski definition) is 1. The molecule has 25 heavy (non-hydrogen) atoms. The number of amides is 1. The number of nitrogens with zero attached hydrogens (tertiary/aromatic N) is 2. The van der Waals surface area contributed by atoms with Crippen molar-refractivity contribution in [2.75, 3.05) is 5.32 Å². The van der Waals surface area contributed by atoms with Crippen molar-refractivity contribution in [3.63, 3.8) is 0 Å². The Bertz CT molecular complexity index is 974. The molecule has 3 rings (SSSR count). The summed E-state index contributed by atoms with van der Waals surface area (Å²) in [5.41, 5.74) is 1.03. The van der Waals surface area contributed by atoms with Gasteiger partial charge in [0.25, 0.3) is 5.56 Å². The van der Waals surface area contributed by atoms with Gasteiger partial charge in [0.15, 0.2) is 11.5 Å². The van der Waals surface area contributed by atoms with E-state index in [2.05, 4.69) is 10.4 Å². The minimum absolute atomic E-state index is 0.0971. The average Bonchev–Trinajstić information content (AvgIpc) is 3.11. The summed E-state index contributed by atoms with van der Waals surface area (Å²) in [6.45, 7) is 1.20. The first kappa shape index (κ1) is 16.4. The molecule has 0 aliphatic carbocycles. The molecule has 126 valence electrons. The summed E-state index contributed by atoms with van der Waals surface area (Å²) < 4.78 is 6.30. The molecule has 2 aromatic heterocycles. The number of aromatic nitrogens is 2. The van der Waals surface area contributed by atoms with Gasteiger partial charge in [-0.2, -0.15) is 5.10 Å². The molecule has 2 heterocycles. The molecule has 3 aromatic rings. The Morgan fingerprint density at radius 1 is 1.16 bits per heavy atom. The fraction of sp³-hybridized carbons (Fsp3) is 0.111. The highest BCUT2D eigenvalue weighted by atomic mass is 16.3. The molecule has 7 nitrogen and oxygen atoms in total. The lowest BCUT2D eigenvalue weighted by Crippen LogP contribution is -2.29. The second kappa shape index (κ2) is 6.96. The van der Waals surface area contributed by atoms with Gasteiger partial charge in [0, 0.05) is 17.3 Å². The van der Waals surface area contributed by atoms with Gasteiger partial charge < -0.3 is 9.73 Å². The van der Waals surface area contributed by atoms with Crippen LogP contribution >= 0.6 is 0 Å². The molecule has 7 heteroatoms. The molecule has 0 spiro atoms. The van der Waals surface area contributed by atoms with Crippen LogP contribution in [-0.4, -0.2) is 21.5 Å². The van der Waals surface area contributed by atoms with E-state index in [0.717, 1.165) is 4.68 Å². The number of ketones is 1. The lowest BCUT2D eigenvalue weighted by atomic mass is 10.1. The first-order valence-corrected chi connectivity index (χ1v) is 7.56. The van der Waals surface area contributed by atoms with Crippen molar-refractivity contribution in [3.8, 4) is 11.5 Å². The van der Waals surface area contributed by atoms with E-state index in [1.165, 1.54) is 25.3 Å². The molecule has 0 saturated heterocycles. The quantitative estimate of drug-likeness (QED) is 0.721. The van der Waals surface area contributed by atoms with E-state index in [1.807, 2.05) is 0 Å². The third-order valence-corrected chi connectivity index (χ3v) is 3.49. The van der Waals surface area contributed by atoms with Crippen LogP contribution in [0, 0.1) is 0 Å². The lowest BCUT2D eigenvalue weighted by molar-refractivity contribution is -0.117. The topological polar surface area (TPSA) is 94.2 Å². The van der Waals surface area contributed by atoms with Crippen LogP contribution in [0.15, 0.2) is 64.0 Å². The van der Waals surface area contributed by atoms with Gasteiger partial charge >= 0.3 is 0 Å². The molecule has 0 aliphatic heterocycles. The maximum atomic E-state index is 12.2. The second-order valence-corrected chi connectivity index (χ2v) is 5.38. The number of rotatable bonds is 5. The molecular weight excluding hydrogens is 322 g/mol. The highest BCUT2D eigenvalue weighted by molar-refractivity contribution is 5.97. The van der Waals surface area contributed by atoms with Gasteiger partial charge in [-0.3, -0.25) is 14.4 Å². The molecule has 0 unspecified atom stereocenters. The zero-order valence-electron chi connectivity index (χ0n) is 13.4. The Morgan fingerprint density at radius 2 is 2.00 bits per heavy atom. The van der Waals surface area contributed by atoms with Gasteiger partial charge in [-0.05, 0) is 37.3 Å². The standard InChI is InChI=1S/C18H15N3O4/c1-12(22)13-4-2-5-14(10-13)19-17(23)11-21-18(24)8-7-15(20-21)16-6-3-9-25-16/h2-10H,11H2,1H3,(H,19,23). The summed E-state index contributed by atoms with van der Waals surface area (Å²) in [5.74, 6) is -0.0182. The van der Waals surface area contributed by atoms with Crippen LogP contribution in [0.2, 0.25) is 0 Å². The smallest absolute Gasteiger partial charge is 0.267 e. The number of furan rings is 1. The third-order valence-electron chi connectivity index (χ3n) is 3.49. The number of carbonyl (C=O) groups is 2. The van der Waals surface area contributed by atoms with Crippen LogP contribution in [0.5, 0.6) is 0 Å². The number of carbonyl (C=O) groups excluding carboxylic acids is 2. The second-order valence-electron chi connectivity index (χ2n) is 5.38. The zero-order valence-corrected chi connectivity index (χ0v) is 13.4. The molecule has 0 bridgehead atoms. The number of Topliss-reactive ketones (excluding diaryl/α,β-unsaturated/α-hetero) is 1. The Labute approximate surface area is 142 Å². The Morgan fingerprint density at radius 3 is 2.72 bits per heavy atom. The summed E-state index contributed by atoms with van der Waals surface area (Å²) in [6, 6.07) is 12.9. The van der Waals surface area contributed by atoms with Crippen molar-refractivity contribution in [1.29, 1.82) is 0 Å². The average molecular weight is 337 g/mol. The van der Waals surface area contributed by atoms with E-state index in [0.29, 0.717) is 22.7 Å². The van der Waals surface area contributed by atoms with Gasteiger partial charge in [0.2, 0.25) is 5.91 Å². The molecule has 1 aromatic carbocycles. The molecule has 0 saturated carbocycles. The van der Waals surface area contributed by atoms with Crippen molar-refractivity contribution in [3.05, 3.63) is 70.7 Å². The Balaban J connectivity index is 1.77. The van der Waals surface area contributed by atoms with Crippen molar-refractivity contribution >= 4 is 17.4 Å². The summed E-state index contributed by atoms with van der Waals surface area (Å²) in [5, 5.41) is 6.79. The molecular formula is C18H15N3O4. The fourth-order valence-electron chi connectivity index (χ4n) is 2.27. The van der Waals surface area contributed by atoms with E-state index in [1.54, 1.807) is 36.4 Å². The minimum Gasteiger partial charge on any atom is -0.463 e. The van der Waals surface area contributed by atoms with Gasteiger partial charge in [0.05, 0.1) is 6.26 Å².